The first-order chi connectivity index (χ1) is 8.70. The summed E-state index contributed by atoms with van der Waals surface area (Å²) >= 11 is 5.63. The Labute approximate surface area is 109 Å². The van der Waals surface area contributed by atoms with Crippen LogP contribution in [0.4, 0.5) is 15.9 Å². The van der Waals surface area contributed by atoms with E-state index in [0.717, 1.165) is 11.8 Å². The fourth-order valence-corrected chi connectivity index (χ4v) is 1.62. The van der Waals surface area contributed by atoms with Crippen LogP contribution in [0.3, 0.4) is 0 Å². The molecule has 2 aromatic rings. The van der Waals surface area contributed by atoms with Gasteiger partial charge in [-0.05, 0) is 17.7 Å². The first kappa shape index (κ1) is 12.7. The summed E-state index contributed by atoms with van der Waals surface area (Å²) in [6.45, 7) is 0.420. The zero-order valence-corrected chi connectivity index (χ0v) is 10.4. The van der Waals surface area contributed by atoms with E-state index in [0.29, 0.717) is 12.3 Å². The molecular formula is C12H11ClFN3O. The van der Waals surface area contributed by atoms with E-state index >= 15 is 0 Å². The smallest absolute Gasteiger partial charge is 0.224 e. The zero-order chi connectivity index (χ0) is 13.0. The summed E-state index contributed by atoms with van der Waals surface area (Å²) in [4.78, 5) is 7.35. The average molecular weight is 268 g/mol. The van der Waals surface area contributed by atoms with Crippen molar-refractivity contribution >= 4 is 23.1 Å². The molecule has 0 amide bonds. The summed E-state index contributed by atoms with van der Waals surface area (Å²) in [7, 11) is 1.60. The number of halogens is 2. The first-order valence-electron chi connectivity index (χ1n) is 5.22. The molecule has 2 rings (SSSR count). The topological polar surface area (TPSA) is 47.0 Å². The van der Waals surface area contributed by atoms with E-state index in [1.54, 1.807) is 7.11 Å². The molecule has 6 heteroatoms. The van der Waals surface area contributed by atoms with Crippen LogP contribution in [0.5, 0.6) is 0 Å². The second kappa shape index (κ2) is 5.75. The van der Waals surface area contributed by atoms with Gasteiger partial charge in [0.1, 0.15) is 0 Å². The molecule has 0 aliphatic rings. The highest BCUT2D eigenvalue weighted by Crippen LogP contribution is 2.22. The summed E-state index contributed by atoms with van der Waals surface area (Å²) in [6.07, 6.45) is 1.02. The first-order valence-corrected chi connectivity index (χ1v) is 5.60. The highest BCUT2D eigenvalue weighted by Gasteiger charge is 2.08. The SMILES string of the molecule is COCc1ccccc1Nc1nc(Cl)ncc1F. The van der Waals surface area contributed by atoms with Crippen LogP contribution < -0.4 is 5.32 Å². The third kappa shape index (κ3) is 2.94. The van der Waals surface area contributed by atoms with Crippen LogP contribution in [0.2, 0.25) is 5.28 Å². The quantitative estimate of drug-likeness (QED) is 0.865. The lowest BCUT2D eigenvalue weighted by Gasteiger charge is -2.11. The maximum atomic E-state index is 13.5. The molecule has 18 heavy (non-hydrogen) atoms. The van der Waals surface area contributed by atoms with Gasteiger partial charge in [-0.1, -0.05) is 18.2 Å². The van der Waals surface area contributed by atoms with E-state index in [9.17, 15) is 4.39 Å². The van der Waals surface area contributed by atoms with Gasteiger partial charge in [0.2, 0.25) is 5.28 Å². The Kier molecular flexibility index (Phi) is 4.07. The molecule has 0 fully saturated rings. The van der Waals surface area contributed by atoms with Gasteiger partial charge in [0.05, 0.1) is 12.8 Å². The largest absolute Gasteiger partial charge is 0.380 e. The van der Waals surface area contributed by atoms with Crippen molar-refractivity contribution in [1.29, 1.82) is 0 Å². The van der Waals surface area contributed by atoms with Crippen molar-refractivity contribution in [3.63, 3.8) is 0 Å². The van der Waals surface area contributed by atoms with Crippen LogP contribution in [-0.2, 0) is 11.3 Å². The number of aromatic nitrogens is 2. The van der Waals surface area contributed by atoms with E-state index in [4.69, 9.17) is 16.3 Å². The summed E-state index contributed by atoms with van der Waals surface area (Å²) in [5.74, 6) is -0.523. The molecule has 0 bridgehead atoms. The molecule has 0 aliphatic heterocycles. The fourth-order valence-electron chi connectivity index (χ4n) is 1.48. The lowest BCUT2D eigenvalue weighted by molar-refractivity contribution is 0.185. The lowest BCUT2D eigenvalue weighted by Crippen LogP contribution is -2.02. The van der Waals surface area contributed by atoms with Crippen LogP contribution >= 0.6 is 11.6 Å². The van der Waals surface area contributed by atoms with E-state index in [2.05, 4.69) is 15.3 Å². The molecular weight excluding hydrogens is 257 g/mol. The molecule has 0 aliphatic carbocycles. The summed E-state index contributed by atoms with van der Waals surface area (Å²) in [6, 6.07) is 7.40. The highest BCUT2D eigenvalue weighted by molar-refractivity contribution is 6.28. The molecule has 0 radical (unpaired) electrons. The van der Waals surface area contributed by atoms with Crippen molar-refractivity contribution in [3.8, 4) is 0 Å². The number of para-hydroxylation sites is 1. The number of methoxy groups -OCH3 is 1. The van der Waals surface area contributed by atoms with Crippen molar-refractivity contribution in [1.82, 2.24) is 9.97 Å². The van der Waals surface area contributed by atoms with Gasteiger partial charge in [-0.15, -0.1) is 0 Å². The number of rotatable bonds is 4. The van der Waals surface area contributed by atoms with Gasteiger partial charge in [-0.25, -0.2) is 9.37 Å². The Morgan fingerprint density at radius 3 is 2.94 bits per heavy atom. The molecule has 0 atom stereocenters. The van der Waals surface area contributed by atoms with Crippen LogP contribution in [0.15, 0.2) is 30.5 Å². The van der Waals surface area contributed by atoms with E-state index < -0.39 is 5.82 Å². The van der Waals surface area contributed by atoms with Gasteiger partial charge in [-0.2, -0.15) is 4.98 Å². The number of ether oxygens (including phenoxy) is 1. The van der Waals surface area contributed by atoms with Crippen LogP contribution in [0.1, 0.15) is 5.56 Å². The predicted molar refractivity (Wildman–Crippen MR) is 67.4 cm³/mol. The third-order valence-electron chi connectivity index (χ3n) is 2.28. The number of hydrogen-bond acceptors (Lipinski definition) is 4. The number of benzene rings is 1. The molecule has 0 spiro atoms. The minimum Gasteiger partial charge on any atom is -0.380 e. The Hall–Kier alpha value is -1.72. The van der Waals surface area contributed by atoms with E-state index in [1.165, 1.54) is 0 Å². The Morgan fingerprint density at radius 2 is 2.17 bits per heavy atom. The lowest BCUT2D eigenvalue weighted by atomic mass is 10.2. The molecule has 1 heterocycles. The standard InChI is InChI=1S/C12H11ClFN3O/c1-18-7-8-4-2-3-5-10(8)16-11-9(14)6-15-12(13)17-11/h2-6H,7H2,1H3,(H,15,16,17). The molecule has 94 valence electrons. The minimum atomic E-state index is -0.563. The van der Waals surface area contributed by atoms with E-state index in [-0.39, 0.29) is 11.1 Å². The fraction of sp³-hybridized carbons (Fsp3) is 0.167. The summed E-state index contributed by atoms with van der Waals surface area (Å²) in [5, 5.41) is 2.86. The van der Waals surface area contributed by atoms with E-state index in [1.807, 2.05) is 24.3 Å². The third-order valence-corrected chi connectivity index (χ3v) is 2.47. The van der Waals surface area contributed by atoms with Gasteiger partial charge in [-0.3, -0.25) is 0 Å². The van der Waals surface area contributed by atoms with Crippen LogP contribution in [-0.4, -0.2) is 17.1 Å². The maximum Gasteiger partial charge on any atom is 0.224 e. The maximum absolute atomic E-state index is 13.5. The zero-order valence-electron chi connectivity index (χ0n) is 9.65. The molecule has 4 nitrogen and oxygen atoms in total. The van der Waals surface area contributed by atoms with Gasteiger partial charge in [0, 0.05) is 18.4 Å². The normalized spacial score (nSPS) is 10.4. The second-order valence-corrected chi connectivity index (χ2v) is 3.89. The second-order valence-electron chi connectivity index (χ2n) is 3.55. The Bertz CT molecular complexity index is 551. The number of nitrogens with zero attached hydrogens (tertiary/aromatic N) is 2. The number of hydrogen-bond donors (Lipinski definition) is 1. The van der Waals surface area contributed by atoms with Crippen molar-refractivity contribution in [3.05, 3.63) is 47.1 Å². The van der Waals surface area contributed by atoms with Crippen molar-refractivity contribution < 1.29 is 9.13 Å². The molecule has 0 unspecified atom stereocenters. The van der Waals surface area contributed by atoms with Gasteiger partial charge in [0.25, 0.3) is 0 Å². The van der Waals surface area contributed by atoms with Gasteiger partial charge in [0.15, 0.2) is 11.6 Å². The summed E-state index contributed by atoms with van der Waals surface area (Å²) in [5.41, 5.74) is 1.61. The van der Waals surface area contributed by atoms with Gasteiger partial charge >= 0.3 is 0 Å². The van der Waals surface area contributed by atoms with Gasteiger partial charge < -0.3 is 10.1 Å². The van der Waals surface area contributed by atoms with Crippen LogP contribution in [0.25, 0.3) is 0 Å². The highest BCUT2D eigenvalue weighted by atomic mass is 35.5. The predicted octanol–water partition coefficient (Wildman–Crippen LogP) is 3.16. The number of nitrogens with one attached hydrogen (secondary N) is 1. The Morgan fingerprint density at radius 1 is 1.39 bits per heavy atom. The van der Waals surface area contributed by atoms with Crippen molar-refractivity contribution in [2.45, 2.75) is 6.61 Å². The molecule has 0 saturated heterocycles. The Balaban J connectivity index is 2.30. The average Bonchev–Trinajstić information content (AvgIpc) is 2.36. The number of anilines is 2. The minimum absolute atomic E-state index is 0.0110. The molecule has 0 saturated carbocycles. The van der Waals surface area contributed by atoms with Crippen LogP contribution in [0, 0.1) is 5.82 Å². The monoisotopic (exact) mass is 267 g/mol. The van der Waals surface area contributed by atoms with Crippen molar-refractivity contribution in [2.24, 2.45) is 0 Å². The molecule has 1 N–H and O–H groups in total. The molecule has 1 aromatic heterocycles. The van der Waals surface area contributed by atoms with Crippen molar-refractivity contribution in [2.75, 3.05) is 12.4 Å². The summed E-state index contributed by atoms with van der Waals surface area (Å²) < 4.78 is 18.6. The molecule has 1 aromatic carbocycles.